The van der Waals surface area contributed by atoms with E-state index in [4.69, 9.17) is 11.5 Å². The predicted octanol–water partition coefficient (Wildman–Crippen LogP) is 2.26. The third kappa shape index (κ3) is 5.11. The van der Waals surface area contributed by atoms with Crippen molar-refractivity contribution < 1.29 is 4.79 Å². The number of fused-ring (bicyclic) bond motifs is 1. The van der Waals surface area contributed by atoms with Crippen molar-refractivity contribution in [2.45, 2.75) is 51.2 Å². The number of nitrogens with one attached hydrogen (secondary N) is 2. The number of guanidine groups is 1. The van der Waals surface area contributed by atoms with Crippen LogP contribution in [0, 0.1) is 6.92 Å². The average molecular weight is 433 g/mol. The lowest BCUT2D eigenvalue weighted by Gasteiger charge is -2.30. The van der Waals surface area contributed by atoms with Crippen molar-refractivity contribution in [1.82, 2.24) is 20.3 Å². The van der Waals surface area contributed by atoms with Crippen molar-refractivity contribution in [2.24, 2.45) is 16.5 Å². The fraction of sp³-hybridized carbons (Fsp3) is 0.348. The maximum atomic E-state index is 12.8. The first-order valence-corrected chi connectivity index (χ1v) is 10.8. The Morgan fingerprint density at radius 1 is 1.12 bits per heavy atom. The fourth-order valence-corrected chi connectivity index (χ4v) is 4.02. The van der Waals surface area contributed by atoms with Gasteiger partial charge in [0.2, 0.25) is 5.82 Å². The highest BCUT2D eigenvalue weighted by Crippen LogP contribution is 2.28. The van der Waals surface area contributed by atoms with Gasteiger partial charge in [-0.15, -0.1) is 0 Å². The second-order valence-electron chi connectivity index (χ2n) is 8.11. The molecule has 6 N–H and O–H groups in total. The molecule has 1 aliphatic rings. The number of nitrogens with two attached hydrogens (primary N) is 2. The normalized spacial score (nSPS) is 18.2. The molecule has 0 bridgehead atoms. The van der Waals surface area contributed by atoms with Gasteiger partial charge >= 0.3 is 0 Å². The second-order valence-corrected chi connectivity index (χ2v) is 8.11. The first kappa shape index (κ1) is 21.5. The number of hydrogen-bond acceptors (Lipinski definition) is 6. The highest BCUT2D eigenvalue weighted by Gasteiger charge is 2.26. The molecule has 1 amide bonds. The standard InChI is InChI=1S/C23H28N8O/c1-14-6-7-17-16(12-14)20(29-18-4-2-3-5-19(18)30-23(24)25)31-21(28-17)22(32)27-13-15-8-10-26-11-9-15/h6-12,18-19H,2-5,13H2,1H3,(H,27,32)(H4,24,25,30)(H,28,29,31). The molecule has 0 radical (unpaired) electrons. The summed E-state index contributed by atoms with van der Waals surface area (Å²) in [6.45, 7) is 2.38. The molecule has 3 aromatic rings. The van der Waals surface area contributed by atoms with E-state index in [2.05, 4.69) is 30.6 Å². The molecule has 0 spiro atoms. The Morgan fingerprint density at radius 2 is 1.91 bits per heavy atom. The topological polar surface area (TPSA) is 144 Å². The van der Waals surface area contributed by atoms with Crippen LogP contribution in [0.1, 0.15) is 47.4 Å². The molecule has 1 aliphatic carbocycles. The smallest absolute Gasteiger partial charge is 0.289 e. The Balaban J connectivity index is 1.63. The number of hydrogen-bond donors (Lipinski definition) is 4. The van der Waals surface area contributed by atoms with Crippen LogP contribution in [0.2, 0.25) is 0 Å². The molecule has 1 saturated carbocycles. The van der Waals surface area contributed by atoms with E-state index in [0.29, 0.717) is 17.9 Å². The van der Waals surface area contributed by atoms with E-state index < -0.39 is 0 Å². The molecule has 2 aromatic heterocycles. The largest absolute Gasteiger partial charge is 0.370 e. The summed E-state index contributed by atoms with van der Waals surface area (Å²) in [4.78, 5) is 30.4. The number of amides is 1. The predicted molar refractivity (Wildman–Crippen MR) is 125 cm³/mol. The molecule has 1 fully saturated rings. The van der Waals surface area contributed by atoms with Crippen molar-refractivity contribution >= 4 is 28.6 Å². The van der Waals surface area contributed by atoms with Crippen LogP contribution < -0.4 is 22.1 Å². The van der Waals surface area contributed by atoms with E-state index in [0.717, 1.165) is 42.2 Å². The summed E-state index contributed by atoms with van der Waals surface area (Å²) in [6, 6.07) is 9.60. The van der Waals surface area contributed by atoms with Gasteiger partial charge in [-0.25, -0.2) is 15.0 Å². The summed E-state index contributed by atoms with van der Waals surface area (Å²) >= 11 is 0. The summed E-state index contributed by atoms with van der Waals surface area (Å²) in [5.74, 6) is 0.489. The highest BCUT2D eigenvalue weighted by molar-refractivity contribution is 5.96. The van der Waals surface area contributed by atoms with Crippen LogP contribution in [0.25, 0.3) is 10.9 Å². The summed E-state index contributed by atoms with van der Waals surface area (Å²) in [6.07, 6.45) is 7.35. The molecular formula is C23H28N8O. The van der Waals surface area contributed by atoms with Crippen LogP contribution in [-0.4, -0.2) is 38.9 Å². The summed E-state index contributed by atoms with van der Waals surface area (Å²) in [7, 11) is 0. The van der Waals surface area contributed by atoms with E-state index in [1.54, 1.807) is 12.4 Å². The first-order valence-electron chi connectivity index (χ1n) is 10.8. The summed E-state index contributed by atoms with van der Waals surface area (Å²) < 4.78 is 0. The molecule has 9 heteroatoms. The van der Waals surface area contributed by atoms with Gasteiger partial charge in [-0.05, 0) is 49.6 Å². The SMILES string of the molecule is Cc1ccc2nc(C(=O)NCc3ccncc3)nc(NC3CCCCC3N=C(N)N)c2c1. The third-order valence-corrected chi connectivity index (χ3v) is 5.62. The fourth-order valence-electron chi connectivity index (χ4n) is 4.02. The van der Waals surface area contributed by atoms with E-state index >= 15 is 0 Å². The maximum Gasteiger partial charge on any atom is 0.289 e. The Hall–Kier alpha value is -3.75. The average Bonchev–Trinajstić information content (AvgIpc) is 2.79. The molecule has 4 rings (SSSR count). The zero-order valence-electron chi connectivity index (χ0n) is 18.1. The number of aryl methyl sites for hydroxylation is 1. The summed E-state index contributed by atoms with van der Waals surface area (Å²) in [5.41, 5.74) is 14.0. The third-order valence-electron chi connectivity index (χ3n) is 5.62. The van der Waals surface area contributed by atoms with Crippen molar-refractivity contribution in [3.8, 4) is 0 Å². The molecule has 1 aromatic carbocycles. The minimum absolute atomic E-state index is 0.0252. The molecule has 0 saturated heterocycles. The van der Waals surface area contributed by atoms with Crippen molar-refractivity contribution in [3.63, 3.8) is 0 Å². The molecule has 32 heavy (non-hydrogen) atoms. The number of anilines is 1. The van der Waals surface area contributed by atoms with E-state index in [1.807, 2.05) is 37.3 Å². The number of aliphatic imine (C=N–C) groups is 1. The first-order chi connectivity index (χ1) is 15.5. The second kappa shape index (κ2) is 9.59. The molecule has 9 nitrogen and oxygen atoms in total. The van der Waals surface area contributed by atoms with Crippen molar-refractivity contribution in [1.29, 1.82) is 0 Å². The molecule has 2 heterocycles. The van der Waals surface area contributed by atoms with Crippen molar-refractivity contribution in [2.75, 3.05) is 5.32 Å². The van der Waals surface area contributed by atoms with Gasteiger partial charge in [0.05, 0.1) is 17.6 Å². The van der Waals surface area contributed by atoms with Crippen LogP contribution in [-0.2, 0) is 6.54 Å². The number of carbonyl (C=O) groups excluding carboxylic acids is 1. The van der Waals surface area contributed by atoms with Crippen LogP contribution >= 0.6 is 0 Å². The van der Waals surface area contributed by atoms with Crippen molar-refractivity contribution in [3.05, 3.63) is 59.7 Å². The van der Waals surface area contributed by atoms with E-state index in [1.165, 1.54) is 0 Å². The van der Waals surface area contributed by atoms with Gasteiger partial charge in [-0.2, -0.15) is 0 Å². The number of nitrogens with zero attached hydrogens (tertiary/aromatic N) is 4. The Labute approximate surface area is 186 Å². The highest BCUT2D eigenvalue weighted by atomic mass is 16.2. The van der Waals surface area contributed by atoms with Gasteiger partial charge in [0, 0.05) is 24.3 Å². The quantitative estimate of drug-likeness (QED) is 0.345. The Kier molecular flexibility index (Phi) is 6.44. The molecule has 2 atom stereocenters. The van der Waals surface area contributed by atoms with Crippen LogP contribution in [0.3, 0.4) is 0 Å². The van der Waals surface area contributed by atoms with E-state index in [-0.39, 0.29) is 29.8 Å². The molecule has 0 aliphatic heterocycles. The lowest BCUT2D eigenvalue weighted by molar-refractivity contribution is 0.0941. The number of rotatable bonds is 6. The Bertz CT molecular complexity index is 1130. The number of aromatic nitrogens is 3. The van der Waals surface area contributed by atoms with Gasteiger partial charge in [0.15, 0.2) is 5.96 Å². The van der Waals surface area contributed by atoms with Gasteiger partial charge in [0.1, 0.15) is 5.82 Å². The minimum Gasteiger partial charge on any atom is -0.370 e. The Morgan fingerprint density at radius 3 is 2.69 bits per heavy atom. The minimum atomic E-state index is -0.336. The number of benzene rings is 1. The molecule has 2 unspecified atom stereocenters. The zero-order chi connectivity index (χ0) is 22.5. The zero-order valence-corrected chi connectivity index (χ0v) is 18.1. The monoisotopic (exact) mass is 432 g/mol. The lowest BCUT2D eigenvalue weighted by Crippen LogP contribution is -2.38. The van der Waals surface area contributed by atoms with Gasteiger partial charge in [0.25, 0.3) is 5.91 Å². The van der Waals surface area contributed by atoms with E-state index in [9.17, 15) is 4.79 Å². The maximum absolute atomic E-state index is 12.8. The van der Waals surface area contributed by atoms with Crippen LogP contribution in [0.15, 0.2) is 47.7 Å². The molecular weight excluding hydrogens is 404 g/mol. The van der Waals surface area contributed by atoms with Crippen LogP contribution in [0.5, 0.6) is 0 Å². The lowest BCUT2D eigenvalue weighted by atomic mass is 9.90. The number of carbonyl (C=O) groups is 1. The van der Waals surface area contributed by atoms with Gasteiger partial charge in [-0.1, -0.05) is 24.5 Å². The number of pyridine rings is 1. The van der Waals surface area contributed by atoms with Crippen LogP contribution in [0.4, 0.5) is 5.82 Å². The van der Waals surface area contributed by atoms with Gasteiger partial charge in [-0.3, -0.25) is 9.78 Å². The van der Waals surface area contributed by atoms with Gasteiger partial charge < -0.3 is 22.1 Å². The molecule has 166 valence electrons. The summed E-state index contributed by atoms with van der Waals surface area (Å²) in [5, 5.41) is 7.27.